The SMILES string of the molecule is CC(=O)O.CC(=O)O.CC(=O)O.CC(=O)O.CC(=O)O.CC(=O)O.[Ca+2].[Ca+2].[Ca+2].[Ca+2].[Ca+2].[Ca+2].[Ca+2].[Ca+2].[Ca+2].[Ca+2].[Ca+2].[Ca+2].[Ca+2].[Ca+2].[Ca+2].[Ca+2].[Ca+2].[Ca+2].[Ca+2].[Ca+2].[Ca+2].[Ca+2].[Ca+2].[Ca+2].[Ca+2].[Ca+2].[Ca+2].[Ca+2].[Ca+2].[Ca+2].[Ca+2]. The molecule has 0 bridgehead atoms. The van der Waals surface area contributed by atoms with Gasteiger partial charge in [-0.15, -0.1) is 0 Å². The molecule has 0 fully saturated rings. The minimum atomic E-state index is -0.833. The Morgan fingerprint density at radius 2 is 0.164 bits per heavy atom. The standard InChI is InChI=1S/6C2H4O2.31Ca/c6*1-2(3)4;;;;;;;;;;;;;;;;;;;;;;;;;;;;;;;/h6*1H3,(H,3,4);;;;;;;;;;;;;;;;;;;;;;;;;;;;;;;/q;;;;;;31*+2. The van der Waals surface area contributed by atoms with Gasteiger partial charge in [0, 0.05) is 41.5 Å². The number of carboxylic acids is 6. The minimum Gasteiger partial charge on any atom is -0.481 e. The molecule has 0 atom stereocenters. The van der Waals surface area contributed by atoms with Crippen LogP contribution in [0.25, 0.3) is 0 Å². The molecule has 0 radical (unpaired) electrons. The predicted molar refractivity (Wildman–Crippen MR) is 258 cm³/mol. The molecular weight excluding hydrogens is 1580 g/mol. The molecule has 0 saturated carbocycles. The summed E-state index contributed by atoms with van der Waals surface area (Å²) in [7, 11) is 0. The van der Waals surface area contributed by atoms with E-state index in [-0.39, 0.29) is 1170 Å². The van der Waals surface area contributed by atoms with Gasteiger partial charge in [0.2, 0.25) is 0 Å². The molecule has 55 heavy (non-hydrogen) atoms. The van der Waals surface area contributed by atoms with Crippen LogP contribution in [0.3, 0.4) is 0 Å². The fourth-order valence-electron chi connectivity index (χ4n) is 0. The molecule has 0 spiro atoms. The number of aliphatic carboxylic acids is 6. The number of carboxylic acid groups (broad SMARTS) is 6. The van der Waals surface area contributed by atoms with Crippen molar-refractivity contribution in [2.24, 2.45) is 0 Å². The van der Waals surface area contributed by atoms with E-state index in [1.807, 2.05) is 0 Å². The van der Waals surface area contributed by atoms with E-state index in [0.29, 0.717) is 0 Å². The maximum Gasteiger partial charge on any atom is 2.00 e. The van der Waals surface area contributed by atoms with Gasteiger partial charge < -0.3 is 30.6 Å². The van der Waals surface area contributed by atoms with E-state index in [0.717, 1.165) is 41.5 Å². The molecule has 0 aliphatic rings. The van der Waals surface area contributed by atoms with Crippen molar-refractivity contribution in [2.45, 2.75) is 41.5 Å². The van der Waals surface area contributed by atoms with Gasteiger partial charge in [-0.3, -0.25) is 28.8 Å². The molecule has 0 heterocycles. The quantitative estimate of drug-likeness (QED) is 0.125. The minimum absolute atomic E-state index is 0. The van der Waals surface area contributed by atoms with E-state index in [1.165, 1.54) is 0 Å². The van der Waals surface area contributed by atoms with Gasteiger partial charge in [0.1, 0.15) is 0 Å². The van der Waals surface area contributed by atoms with Crippen molar-refractivity contribution in [1.82, 2.24) is 0 Å². The molecule has 12 nitrogen and oxygen atoms in total. The largest absolute Gasteiger partial charge is 2.00 e. The van der Waals surface area contributed by atoms with Gasteiger partial charge in [-0.1, -0.05) is 0 Å². The summed E-state index contributed by atoms with van der Waals surface area (Å²) in [5, 5.41) is 44.5. The van der Waals surface area contributed by atoms with Crippen LogP contribution < -0.4 is 0 Å². The summed E-state index contributed by atoms with van der Waals surface area (Å²) in [6.45, 7) is 6.50. The van der Waals surface area contributed by atoms with Crippen molar-refractivity contribution in [2.75, 3.05) is 0 Å². The third kappa shape index (κ3) is 539. The number of carbonyl (C=O) groups is 6. The normalized spacial score (nSPS) is 2.73. The Hall–Kier alpha value is 35.9. The zero-order chi connectivity index (χ0) is 21.5. The van der Waals surface area contributed by atoms with Gasteiger partial charge in [-0.25, -0.2) is 0 Å². The van der Waals surface area contributed by atoms with Crippen LogP contribution in [0.4, 0.5) is 0 Å². The van der Waals surface area contributed by atoms with E-state index in [2.05, 4.69) is 0 Å². The van der Waals surface area contributed by atoms with Gasteiger partial charge in [-0.05, 0) is 0 Å². The second-order valence-electron chi connectivity index (χ2n) is 3.11. The van der Waals surface area contributed by atoms with Crippen LogP contribution in [0.5, 0.6) is 0 Å². The Labute approximate surface area is 1260 Å². The Bertz CT molecular complexity index is 310. The van der Waals surface area contributed by atoms with Crippen LogP contribution in [0, 0.1) is 0 Å². The van der Waals surface area contributed by atoms with E-state index in [4.69, 9.17) is 59.4 Å². The van der Waals surface area contributed by atoms with Crippen molar-refractivity contribution >= 4 is 1210 Å². The molecule has 144 valence electrons. The zero-order valence-corrected chi connectivity index (χ0v) is 105. The Morgan fingerprint density at radius 1 is 0.164 bits per heavy atom. The Balaban J connectivity index is -0.00000000182. The van der Waals surface area contributed by atoms with E-state index in [9.17, 15) is 0 Å². The molecule has 6 N–H and O–H groups in total. The average molecular weight is 1600 g/mol. The molecule has 0 unspecified atom stereocenters. The molecular formula is C12H24Ca31O12+62. The number of hydrogen-bond donors (Lipinski definition) is 6. The summed E-state index contributed by atoms with van der Waals surface area (Å²) in [5.74, 6) is -5.00. The van der Waals surface area contributed by atoms with Crippen molar-refractivity contribution in [3.8, 4) is 0 Å². The molecule has 0 aromatic rings. The zero-order valence-electron chi connectivity index (χ0n) is 36.1. The summed E-state index contributed by atoms with van der Waals surface area (Å²) in [4.78, 5) is 54.0. The third-order valence-electron chi connectivity index (χ3n) is 0. The smallest absolute Gasteiger partial charge is 0.481 e. The second-order valence-corrected chi connectivity index (χ2v) is 3.11. The summed E-state index contributed by atoms with van der Waals surface area (Å²) in [6.07, 6.45) is 0. The van der Waals surface area contributed by atoms with Crippen LogP contribution in [-0.4, -0.2) is 1240 Å². The molecule has 0 rings (SSSR count). The molecule has 0 aromatic carbocycles. The fraction of sp³-hybridized carbons (Fsp3) is 0.500. The van der Waals surface area contributed by atoms with Gasteiger partial charge >= 0.3 is 1170 Å². The average Bonchev–Trinajstić information content (AvgIpc) is 2.08. The van der Waals surface area contributed by atoms with Crippen LogP contribution in [-0.2, 0) is 28.8 Å². The van der Waals surface area contributed by atoms with Crippen LogP contribution >= 0.6 is 0 Å². The van der Waals surface area contributed by atoms with Crippen LogP contribution in [0.1, 0.15) is 41.5 Å². The molecule has 0 aliphatic heterocycles. The monoisotopic (exact) mass is 1600 g/mol. The van der Waals surface area contributed by atoms with Crippen molar-refractivity contribution in [3.63, 3.8) is 0 Å². The first kappa shape index (κ1) is 253. The molecule has 0 aliphatic carbocycles. The Morgan fingerprint density at radius 3 is 0.164 bits per heavy atom. The maximum absolute atomic E-state index is 9.00. The molecule has 0 amide bonds. The van der Waals surface area contributed by atoms with Gasteiger partial charge in [0.25, 0.3) is 35.8 Å². The topological polar surface area (TPSA) is 224 Å². The number of rotatable bonds is 0. The van der Waals surface area contributed by atoms with Crippen LogP contribution in [0.2, 0.25) is 0 Å². The molecule has 0 aromatic heterocycles. The molecule has 0 saturated heterocycles. The van der Waals surface area contributed by atoms with Crippen LogP contribution in [0.15, 0.2) is 0 Å². The second kappa shape index (κ2) is 245. The first-order valence-electron chi connectivity index (χ1n) is 5.57. The number of hydrogen-bond acceptors (Lipinski definition) is 6. The fourth-order valence-corrected chi connectivity index (χ4v) is 0. The Kier molecular flexibility index (Phi) is 1120. The molecule has 43 heteroatoms. The summed E-state index contributed by atoms with van der Waals surface area (Å²) in [6, 6.07) is 0. The van der Waals surface area contributed by atoms with Gasteiger partial charge in [0.15, 0.2) is 0 Å². The first-order valence-corrected chi connectivity index (χ1v) is 5.57. The first-order chi connectivity index (χ1) is 10.4. The summed E-state index contributed by atoms with van der Waals surface area (Å²) in [5.41, 5.74) is 0. The third-order valence-corrected chi connectivity index (χ3v) is 0. The van der Waals surface area contributed by atoms with Crippen molar-refractivity contribution in [3.05, 3.63) is 0 Å². The van der Waals surface area contributed by atoms with Crippen molar-refractivity contribution in [1.29, 1.82) is 0 Å². The van der Waals surface area contributed by atoms with Gasteiger partial charge in [-0.2, -0.15) is 0 Å². The van der Waals surface area contributed by atoms with E-state index < -0.39 is 35.8 Å². The summed E-state index contributed by atoms with van der Waals surface area (Å²) < 4.78 is 0. The predicted octanol–water partition coefficient (Wildman–Crippen LogP) is -11.3. The summed E-state index contributed by atoms with van der Waals surface area (Å²) >= 11 is 0. The van der Waals surface area contributed by atoms with Crippen molar-refractivity contribution < 1.29 is 59.4 Å². The van der Waals surface area contributed by atoms with Gasteiger partial charge in [0.05, 0.1) is 0 Å². The van der Waals surface area contributed by atoms with E-state index >= 15 is 0 Å². The van der Waals surface area contributed by atoms with E-state index in [1.54, 1.807) is 0 Å². The maximum atomic E-state index is 9.00.